The predicted molar refractivity (Wildman–Crippen MR) is 66.7 cm³/mol. The van der Waals surface area contributed by atoms with Crippen LogP contribution in [0.15, 0.2) is 30.3 Å². The van der Waals surface area contributed by atoms with Gasteiger partial charge in [-0.2, -0.15) is 0 Å². The van der Waals surface area contributed by atoms with Crippen molar-refractivity contribution < 1.29 is 14.7 Å². The number of hydrogen-bond donors (Lipinski definition) is 2. The highest BCUT2D eigenvalue weighted by Crippen LogP contribution is 1.96. The van der Waals surface area contributed by atoms with Crippen LogP contribution in [0.5, 0.6) is 0 Å². The summed E-state index contributed by atoms with van der Waals surface area (Å²) < 4.78 is 0. The van der Waals surface area contributed by atoms with Crippen molar-refractivity contribution in [2.75, 3.05) is 0 Å². The Morgan fingerprint density at radius 1 is 1.29 bits per heavy atom. The van der Waals surface area contributed by atoms with Crippen molar-refractivity contribution in [3.63, 3.8) is 0 Å². The van der Waals surface area contributed by atoms with Crippen LogP contribution in [-0.4, -0.2) is 22.9 Å². The fourth-order valence-electron chi connectivity index (χ4n) is 1.11. The van der Waals surface area contributed by atoms with Crippen LogP contribution in [0.1, 0.15) is 25.8 Å². The van der Waals surface area contributed by atoms with Crippen molar-refractivity contribution in [1.29, 1.82) is 0 Å². The maximum atomic E-state index is 10.2. The highest BCUT2D eigenvalue weighted by Gasteiger charge is 2.12. The first-order valence-electron chi connectivity index (χ1n) is 5.49. The van der Waals surface area contributed by atoms with E-state index in [4.69, 9.17) is 10.8 Å². The minimum Gasteiger partial charge on any atom is -0.480 e. The molecular formula is C13H19NO3. The molecule has 0 radical (unpaired) electrons. The van der Waals surface area contributed by atoms with E-state index in [2.05, 4.69) is 31.2 Å². The molecule has 0 saturated heterocycles. The third-order valence-corrected chi connectivity index (χ3v) is 2.08. The number of carbonyl (C=O) groups is 2. The van der Waals surface area contributed by atoms with Gasteiger partial charge in [0.15, 0.2) is 0 Å². The molecule has 1 rings (SSSR count). The van der Waals surface area contributed by atoms with Crippen LogP contribution in [0, 0.1) is 0 Å². The molecule has 1 aromatic carbocycles. The zero-order valence-electron chi connectivity index (χ0n) is 10.2. The van der Waals surface area contributed by atoms with Gasteiger partial charge in [-0.1, -0.05) is 37.3 Å². The van der Waals surface area contributed by atoms with Crippen LogP contribution in [0.2, 0.25) is 0 Å². The lowest BCUT2D eigenvalue weighted by Crippen LogP contribution is -2.31. The molecule has 1 aromatic rings. The first kappa shape index (κ1) is 15.3. The van der Waals surface area contributed by atoms with Gasteiger partial charge in [-0.15, -0.1) is 0 Å². The smallest absolute Gasteiger partial charge is 0.320 e. The Hall–Kier alpha value is -1.68. The summed E-state index contributed by atoms with van der Waals surface area (Å²) in [7, 11) is 0. The van der Waals surface area contributed by atoms with Crippen LogP contribution in [-0.2, 0) is 16.0 Å². The second-order valence-electron chi connectivity index (χ2n) is 3.69. The predicted octanol–water partition coefficient (Wildman–Crippen LogP) is 1.63. The van der Waals surface area contributed by atoms with E-state index in [0.29, 0.717) is 0 Å². The number of rotatable bonds is 4. The third-order valence-electron chi connectivity index (χ3n) is 2.08. The molecule has 0 saturated carbocycles. The van der Waals surface area contributed by atoms with E-state index in [1.807, 2.05) is 6.07 Å². The molecule has 0 spiro atoms. The molecule has 1 unspecified atom stereocenters. The number of aryl methyl sites for hydroxylation is 1. The van der Waals surface area contributed by atoms with E-state index in [9.17, 15) is 9.59 Å². The first-order valence-corrected chi connectivity index (χ1v) is 5.49. The van der Waals surface area contributed by atoms with E-state index >= 15 is 0 Å². The number of ketones is 1. The van der Waals surface area contributed by atoms with Crippen molar-refractivity contribution in [2.24, 2.45) is 5.73 Å². The zero-order chi connectivity index (χ0) is 13.3. The van der Waals surface area contributed by atoms with Crippen molar-refractivity contribution >= 4 is 11.8 Å². The average Bonchev–Trinajstić information content (AvgIpc) is 2.30. The lowest BCUT2D eigenvalue weighted by molar-refractivity contribution is -0.140. The molecule has 17 heavy (non-hydrogen) atoms. The fraction of sp³-hybridized carbons (Fsp3) is 0.385. The van der Waals surface area contributed by atoms with E-state index in [1.165, 1.54) is 12.5 Å². The van der Waals surface area contributed by atoms with Crippen molar-refractivity contribution in [1.82, 2.24) is 0 Å². The summed E-state index contributed by atoms with van der Waals surface area (Å²) in [5, 5.41) is 8.15. The Bertz CT molecular complexity index is 349. The summed E-state index contributed by atoms with van der Waals surface area (Å²) in [5.74, 6) is -1.34. The fourth-order valence-corrected chi connectivity index (χ4v) is 1.11. The van der Waals surface area contributed by atoms with E-state index in [1.54, 1.807) is 0 Å². The normalized spacial score (nSPS) is 11.0. The van der Waals surface area contributed by atoms with Gasteiger partial charge in [-0.05, 0) is 18.9 Å². The molecule has 94 valence electrons. The summed E-state index contributed by atoms with van der Waals surface area (Å²) in [4.78, 5) is 20.2. The molecule has 0 aliphatic rings. The SMILES string of the molecule is CC(=O)CC(N)C(=O)O.CCc1ccccc1. The Balaban J connectivity index is 0.000000302. The summed E-state index contributed by atoms with van der Waals surface area (Å²) in [6.45, 7) is 3.47. The Morgan fingerprint density at radius 2 is 1.82 bits per heavy atom. The highest BCUT2D eigenvalue weighted by atomic mass is 16.4. The number of carboxylic acids is 1. The van der Waals surface area contributed by atoms with Crippen LogP contribution < -0.4 is 5.73 Å². The maximum absolute atomic E-state index is 10.2. The third kappa shape index (κ3) is 8.16. The molecule has 4 heteroatoms. The van der Waals surface area contributed by atoms with Crippen LogP contribution in [0.25, 0.3) is 0 Å². The van der Waals surface area contributed by atoms with Crippen LogP contribution in [0.3, 0.4) is 0 Å². The van der Waals surface area contributed by atoms with E-state index in [-0.39, 0.29) is 12.2 Å². The lowest BCUT2D eigenvalue weighted by atomic mass is 10.2. The largest absolute Gasteiger partial charge is 0.480 e. The van der Waals surface area contributed by atoms with E-state index < -0.39 is 12.0 Å². The number of hydrogen-bond acceptors (Lipinski definition) is 3. The second-order valence-corrected chi connectivity index (χ2v) is 3.69. The standard InChI is InChI=1S/C8H10.C5H9NO3/c1-2-8-6-4-3-5-7-8;1-3(7)2-4(6)5(8)9/h3-7H,2H2,1H3;4H,2,6H2,1H3,(H,8,9). The molecule has 0 amide bonds. The van der Waals surface area contributed by atoms with Crippen molar-refractivity contribution in [3.8, 4) is 0 Å². The van der Waals surface area contributed by atoms with Crippen LogP contribution in [0.4, 0.5) is 0 Å². The number of carboxylic acid groups (broad SMARTS) is 1. The summed E-state index contributed by atoms with van der Waals surface area (Å²) in [6, 6.07) is 9.42. The molecule has 0 aromatic heterocycles. The highest BCUT2D eigenvalue weighted by molar-refractivity contribution is 5.83. The van der Waals surface area contributed by atoms with Gasteiger partial charge in [-0.25, -0.2) is 0 Å². The number of Topliss-reactive ketones (excluding diaryl/α,β-unsaturated/α-hetero) is 1. The first-order chi connectivity index (χ1) is 7.97. The molecule has 1 atom stereocenters. The monoisotopic (exact) mass is 237 g/mol. The number of nitrogens with two attached hydrogens (primary N) is 1. The van der Waals surface area contributed by atoms with Gasteiger partial charge in [0.2, 0.25) is 0 Å². The lowest BCUT2D eigenvalue weighted by Gasteiger charge is -2.00. The van der Waals surface area contributed by atoms with Gasteiger partial charge in [0.1, 0.15) is 11.8 Å². The van der Waals surface area contributed by atoms with Gasteiger partial charge in [0.25, 0.3) is 0 Å². The number of benzene rings is 1. The molecule has 0 heterocycles. The maximum Gasteiger partial charge on any atom is 0.320 e. The van der Waals surface area contributed by atoms with Gasteiger partial charge in [0, 0.05) is 6.42 Å². The number of carbonyl (C=O) groups excluding carboxylic acids is 1. The van der Waals surface area contributed by atoms with Gasteiger partial charge < -0.3 is 10.8 Å². The minimum absolute atomic E-state index is 0.0880. The van der Waals surface area contributed by atoms with Gasteiger partial charge in [0.05, 0.1) is 0 Å². The average molecular weight is 237 g/mol. The molecular weight excluding hydrogens is 218 g/mol. The van der Waals surface area contributed by atoms with Gasteiger partial charge in [-0.3, -0.25) is 9.59 Å². The van der Waals surface area contributed by atoms with Crippen molar-refractivity contribution in [3.05, 3.63) is 35.9 Å². The molecule has 4 nitrogen and oxygen atoms in total. The van der Waals surface area contributed by atoms with E-state index in [0.717, 1.165) is 6.42 Å². The van der Waals surface area contributed by atoms with Gasteiger partial charge >= 0.3 is 5.97 Å². The summed E-state index contributed by atoms with van der Waals surface area (Å²) in [5.41, 5.74) is 6.41. The topological polar surface area (TPSA) is 80.4 Å². The minimum atomic E-state index is -1.13. The van der Waals surface area contributed by atoms with Crippen molar-refractivity contribution in [2.45, 2.75) is 32.7 Å². The molecule has 0 fully saturated rings. The molecule has 0 aliphatic carbocycles. The quantitative estimate of drug-likeness (QED) is 0.834. The second kappa shape index (κ2) is 8.47. The summed E-state index contributed by atoms with van der Waals surface area (Å²) >= 11 is 0. The number of aliphatic carboxylic acids is 1. The molecule has 3 N–H and O–H groups in total. The Kier molecular flexibility index (Phi) is 7.63. The Labute approximate surface area is 101 Å². The molecule has 0 aliphatic heterocycles. The molecule has 0 bridgehead atoms. The summed E-state index contributed by atoms with van der Waals surface area (Å²) in [6.07, 6.45) is 1.05. The van der Waals surface area contributed by atoms with Crippen LogP contribution >= 0.6 is 0 Å². The zero-order valence-corrected chi connectivity index (χ0v) is 10.2. The Morgan fingerprint density at radius 3 is 2.06 bits per heavy atom.